The third kappa shape index (κ3) is 3.40. The Morgan fingerprint density at radius 3 is 2.75 bits per heavy atom. The highest BCUT2D eigenvalue weighted by molar-refractivity contribution is 7.12. The van der Waals surface area contributed by atoms with Gasteiger partial charge in [0.15, 0.2) is 0 Å². The Labute approximate surface area is 124 Å². The summed E-state index contributed by atoms with van der Waals surface area (Å²) in [5.41, 5.74) is 0.148. The van der Waals surface area contributed by atoms with Crippen molar-refractivity contribution < 1.29 is 14.6 Å². The maximum absolute atomic E-state index is 11.8. The predicted molar refractivity (Wildman–Crippen MR) is 79.9 cm³/mol. The van der Waals surface area contributed by atoms with Crippen molar-refractivity contribution in [3.63, 3.8) is 0 Å². The number of aliphatic hydroxyl groups excluding tert-OH is 1. The van der Waals surface area contributed by atoms with Crippen molar-refractivity contribution in [2.75, 3.05) is 13.7 Å². The van der Waals surface area contributed by atoms with Crippen molar-refractivity contribution in [2.45, 2.75) is 51.3 Å². The number of β-amino-alcohol motifs (C(OH)–C–C–N with tert-alkyl or cyclic N) is 1. The lowest BCUT2D eigenvalue weighted by Gasteiger charge is -2.21. The SMILES string of the molecule is COC(=O)[C@@H]1C[C@@H](O)CN1Cc1ccc(C(C)(C)C)s1. The first kappa shape index (κ1) is 15.5. The number of carbonyl (C=O) groups is 1. The lowest BCUT2D eigenvalue weighted by Crippen LogP contribution is -2.36. The Bertz CT molecular complexity index is 478. The van der Waals surface area contributed by atoms with Gasteiger partial charge >= 0.3 is 5.97 Å². The van der Waals surface area contributed by atoms with Crippen LogP contribution in [0.3, 0.4) is 0 Å². The molecule has 112 valence electrons. The summed E-state index contributed by atoms with van der Waals surface area (Å²) in [6, 6.07) is 3.94. The van der Waals surface area contributed by atoms with E-state index in [0.717, 1.165) is 0 Å². The van der Waals surface area contributed by atoms with Crippen LogP contribution in [0.5, 0.6) is 0 Å². The summed E-state index contributed by atoms with van der Waals surface area (Å²) in [7, 11) is 1.40. The van der Waals surface area contributed by atoms with E-state index in [2.05, 4.69) is 32.9 Å². The number of likely N-dealkylation sites (tertiary alicyclic amines) is 1. The number of carbonyl (C=O) groups excluding carboxylic acids is 1. The topological polar surface area (TPSA) is 49.8 Å². The van der Waals surface area contributed by atoms with E-state index in [4.69, 9.17) is 4.74 Å². The minimum absolute atomic E-state index is 0.148. The molecule has 2 heterocycles. The number of esters is 1. The maximum Gasteiger partial charge on any atom is 0.323 e. The Balaban J connectivity index is 2.08. The van der Waals surface area contributed by atoms with Gasteiger partial charge in [-0.3, -0.25) is 9.69 Å². The van der Waals surface area contributed by atoms with Gasteiger partial charge in [-0.25, -0.2) is 0 Å². The molecule has 0 aliphatic carbocycles. The van der Waals surface area contributed by atoms with Crippen LogP contribution in [-0.4, -0.2) is 41.8 Å². The van der Waals surface area contributed by atoms with Gasteiger partial charge < -0.3 is 9.84 Å². The quantitative estimate of drug-likeness (QED) is 0.869. The molecule has 5 heteroatoms. The fourth-order valence-electron chi connectivity index (χ4n) is 2.50. The van der Waals surface area contributed by atoms with Crippen LogP contribution in [0, 0.1) is 0 Å². The van der Waals surface area contributed by atoms with E-state index in [1.807, 2.05) is 4.90 Å². The lowest BCUT2D eigenvalue weighted by molar-refractivity contribution is -0.146. The monoisotopic (exact) mass is 297 g/mol. The number of aliphatic hydroxyl groups is 1. The number of hydrogen-bond acceptors (Lipinski definition) is 5. The molecule has 0 radical (unpaired) electrons. The second-order valence-corrected chi connectivity index (χ2v) is 7.54. The van der Waals surface area contributed by atoms with Gasteiger partial charge in [-0.15, -0.1) is 11.3 Å². The highest BCUT2D eigenvalue weighted by Gasteiger charge is 2.36. The highest BCUT2D eigenvalue weighted by Crippen LogP contribution is 2.31. The number of nitrogens with zero attached hydrogens (tertiary/aromatic N) is 1. The molecular formula is C15H23NO3S. The predicted octanol–water partition coefficient (Wildman–Crippen LogP) is 2.15. The normalized spacial score (nSPS) is 24.1. The van der Waals surface area contributed by atoms with Gasteiger partial charge in [0.05, 0.1) is 13.2 Å². The zero-order chi connectivity index (χ0) is 14.9. The van der Waals surface area contributed by atoms with Gasteiger partial charge in [-0.05, 0) is 17.5 Å². The van der Waals surface area contributed by atoms with Crippen LogP contribution >= 0.6 is 11.3 Å². The molecule has 0 aromatic carbocycles. The van der Waals surface area contributed by atoms with Gasteiger partial charge in [-0.2, -0.15) is 0 Å². The number of thiophene rings is 1. The summed E-state index contributed by atoms with van der Waals surface area (Å²) >= 11 is 1.77. The zero-order valence-electron chi connectivity index (χ0n) is 12.5. The molecule has 0 amide bonds. The average Bonchev–Trinajstić information content (AvgIpc) is 2.95. The Morgan fingerprint density at radius 1 is 1.50 bits per heavy atom. The van der Waals surface area contributed by atoms with Gasteiger partial charge in [0.25, 0.3) is 0 Å². The maximum atomic E-state index is 11.8. The van der Waals surface area contributed by atoms with Crippen LogP contribution < -0.4 is 0 Å². The van der Waals surface area contributed by atoms with Crippen molar-refractivity contribution in [1.82, 2.24) is 4.90 Å². The fraction of sp³-hybridized carbons (Fsp3) is 0.667. The molecular weight excluding hydrogens is 274 g/mol. The summed E-state index contributed by atoms with van der Waals surface area (Å²) in [6.45, 7) is 7.80. The van der Waals surface area contributed by atoms with Crippen LogP contribution in [0.2, 0.25) is 0 Å². The minimum Gasteiger partial charge on any atom is -0.468 e. The molecule has 0 bridgehead atoms. The molecule has 2 atom stereocenters. The summed E-state index contributed by atoms with van der Waals surface area (Å²) in [6.07, 6.45) is 0.0191. The summed E-state index contributed by atoms with van der Waals surface area (Å²) < 4.78 is 4.82. The van der Waals surface area contributed by atoms with E-state index in [0.29, 0.717) is 19.5 Å². The van der Waals surface area contributed by atoms with Crippen LogP contribution in [0.1, 0.15) is 36.9 Å². The minimum atomic E-state index is -0.443. The van der Waals surface area contributed by atoms with E-state index < -0.39 is 6.10 Å². The second-order valence-electron chi connectivity index (χ2n) is 6.37. The number of hydrogen-bond donors (Lipinski definition) is 1. The number of ether oxygens (including phenoxy) is 1. The molecule has 1 N–H and O–H groups in total. The average molecular weight is 297 g/mol. The van der Waals surface area contributed by atoms with Gasteiger partial charge in [-0.1, -0.05) is 20.8 Å². The zero-order valence-corrected chi connectivity index (χ0v) is 13.4. The molecule has 1 saturated heterocycles. The van der Waals surface area contributed by atoms with Crippen LogP contribution in [0.15, 0.2) is 12.1 Å². The van der Waals surface area contributed by atoms with Crippen LogP contribution in [0.25, 0.3) is 0 Å². The summed E-state index contributed by atoms with van der Waals surface area (Å²) in [5.74, 6) is -0.255. The first-order valence-corrected chi connectivity index (χ1v) is 7.72. The standard InChI is InChI=1S/C15H23NO3S/c1-15(2,3)13-6-5-11(20-13)9-16-8-10(17)7-12(16)14(18)19-4/h5-6,10,12,17H,7-9H2,1-4H3/t10-,12+/m1/s1. The van der Waals surface area contributed by atoms with E-state index >= 15 is 0 Å². The molecule has 2 rings (SSSR count). The molecule has 0 spiro atoms. The van der Waals surface area contributed by atoms with E-state index in [1.54, 1.807) is 11.3 Å². The molecule has 20 heavy (non-hydrogen) atoms. The lowest BCUT2D eigenvalue weighted by atomic mass is 9.95. The third-order valence-corrected chi connectivity index (χ3v) is 5.11. The van der Waals surface area contributed by atoms with E-state index in [1.165, 1.54) is 16.9 Å². The van der Waals surface area contributed by atoms with Gasteiger partial charge in [0.1, 0.15) is 6.04 Å². The first-order chi connectivity index (χ1) is 9.31. The van der Waals surface area contributed by atoms with Crippen LogP contribution in [-0.2, 0) is 21.5 Å². The molecule has 1 aliphatic rings. The fourth-order valence-corrected chi connectivity index (χ4v) is 3.59. The van der Waals surface area contributed by atoms with Crippen LogP contribution in [0.4, 0.5) is 0 Å². The molecule has 0 unspecified atom stereocenters. The summed E-state index contributed by atoms with van der Waals surface area (Å²) in [4.78, 5) is 16.3. The van der Waals surface area contributed by atoms with Gasteiger partial charge in [0, 0.05) is 29.3 Å². The Hall–Kier alpha value is -0.910. The Morgan fingerprint density at radius 2 is 2.20 bits per heavy atom. The molecule has 1 aromatic rings. The van der Waals surface area contributed by atoms with Crippen molar-refractivity contribution in [3.8, 4) is 0 Å². The van der Waals surface area contributed by atoms with Crippen molar-refractivity contribution in [1.29, 1.82) is 0 Å². The second kappa shape index (κ2) is 5.84. The van der Waals surface area contributed by atoms with E-state index in [9.17, 15) is 9.90 Å². The molecule has 0 saturated carbocycles. The van der Waals surface area contributed by atoms with Crippen molar-refractivity contribution in [2.24, 2.45) is 0 Å². The number of rotatable bonds is 3. The number of methoxy groups -OCH3 is 1. The third-order valence-electron chi connectivity index (χ3n) is 3.61. The molecule has 4 nitrogen and oxygen atoms in total. The Kier molecular flexibility index (Phi) is 4.52. The van der Waals surface area contributed by atoms with E-state index in [-0.39, 0.29) is 17.4 Å². The molecule has 1 fully saturated rings. The van der Waals surface area contributed by atoms with Crippen molar-refractivity contribution in [3.05, 3.63) is 21.9 Å². The molecule has 1 aromatic heterocycles. The first-order valence-electron chi connectivity index (χ1n) is 6.90. The highest BCUT2D eigenvalue weighted by atomic mass is 32.1. The summed E-state index contributed by atoms with van der Waals surface area (Å²) in [5, 5.41) is 9.78. The molecule has 1 aliphatic heterocycles. The van der Waals surface area contributed by atoms with Crippen molar-refractivity contribution >= 4 is 17.3 Å². The van der Waals surface area contributed by atoms with Gasteiger partial charge in [0.2, 0.25) is 0 Å². The largest absolute Gasteiger partial charge is 0.468 e. The smallest absolute Gasteiger partial charge is 0.323 e.